The summed E-state index contributed by atoms with van der Waals surface area (Å²) in [5.74, 6) is 0.606. The smallest absolute Gasteiger partial charge is 0.243 e. The Bertz CT molecular complexity index is 198. The summed E-state index contributed by atoms with van der Waals surface area (Å²) in [5, 5.41) is 0. The number of hydrogen-bond donors (Lipinski definition) is 1. The molecule has 2 unspecified atom stereocenters. The van der Waals surface area contributed by atoms with Crippen LogP contribution in [0.4, 0.5) is 0 Å². The molecule has 2 N–H and O–H groups in total. The van der Waals surface area contributed by atoms with Crippen LogP contribution in [-0.4, -0.2) is 46.5 Å². The molecule has 1 saturated heterocycles. The molecule has 0 bridgehead atoms. The van der Waals surface area contributed by atoms with Crippen molar-refractivity contribution >= 4 is 17.1 Å². The average molecular weight is 190 g/mol. The van der Waals surface area contributed by atoms with Crippen LogP contribution >= 0.6 is 0 Å². The van der Waals surface area contributed by atoms with Crippen LogP contribution in [0.2, 0.25) is 0 Å². The highest BCUT2D eigenvalue weighted by atomic mass is 32.2. The molecule has 2 atom stereocenters. The minimum absolute atomic E-state index is 0.363. The summed E-state index contributed by atoms with van der Waals surface area (Å²) in [5.41, 5.74) is 4.62. The molecule has 5 heteroatoms. The van der Waals surface area contributed by atoms with Crippen molar-refractivity contribution in [2.24, 2.45) is 5.73 Å². The van der Waals surface area contributed by atoms with Gasteiger partial charge in [-0.2, -0.15) is 0 Å². The second-order valence-corrected chi connectivity index (χ2v) is 4.91. The van der Waals surface area contributed by atoms with Gasteiger partial charge in [0.25, 0.3) is 0 Å². The van der Waals surface area contributed by atoms with Crippen LogP contribution in [0.3, 0.4) is 0 Å². The van der Waals surface area contributed by atoms with E-state index >= 15 is 0 Å². The van der Waals surface area contributed by atoms with Gasteiger partial charge in [-0.05, 0) is 14.1 Å². The first kappa shape index (κ1) is 9.83. The Balaban J connectivity index is 2.82. The number of nitrogens with zero attached hydrogens (tertiary/aromatic N) is 1. The predicted molar refractivity (Wildman–Crippen MR) is 48.1 cm³/mol. The molecule has 4 nitrogen and oxygen atoms in total. The Hall–Kier alpha value is -0.260. The molecule has 0 radical (unpaired) electrons. The van der Waals surface area contributed by atoms with E-state index < -0.39 is 16.7 Å². The van der Waals surface area contributed by atoms with Crippen molar-refractivity contribution in [1.29, 1.82) is 0 Å². The van der Waals surface area contributed by atoms with Crippen molar-refractivity contribution in [1.82, 2.24) is 4.90 Å². The lowest BCUT2D eigenvalue weighted by Gasteiger charge is -2.29. The van der Waals surface area contributed by atoms with Gasteiger partial charge in [-0.15, -0.1) is 0 Å². The fourth-order valence-corrected chi connectivity index (χ4v) is 3.25. The third kappa shape index (κ3) is 1.44. The van der Waals surface area contributed by atoms with Gasteiger partial charge in [0.05, 0.1) is 0 Å². The van der Waals surface area contributed by atoms with E-state index in [1.165, 1.54) is 0 Å². The lowest BCUT2D eigenvalue weighted by molar-refractivity contribution is -0.127. The van der Waals surface area contributed by atoms with Gasteiger partial charge in [-0.25, -0.2) is 0 Å². The van der Waals surface area contributed by atoms with Gasteiger partial charge < -0.3 is 10.3 Å². The normalized spacial score (nSPS) is 35.8. The van der Waals surface area contributed by atoms with Crippen LogP contribution in [0.25, 0.3) is 0 Å². The molecule has 1 amide bonds. The van der Waals surface area contributed by atoms with Crippen molar-refractivity contribution in [3.63, 3.8) is 0 Å². The van der Waals surface area contributed by atoms with E-state index in [-0.39, 0.29) is 5.91 Å². The highest BCUT2D eigenvalue weighted by Crippen LogP contribution is 2.27. The first-order valence-corrected chi connectivity index (χ1v) is 5.30. The maximum absolute atomic E-state index is 11.2. The molecule has 1 aliphatic rings. The van der Waals surface area contributed by atoms with Gasteiger partial charge in [-0.1, -0.05) is 11.2 Å². The van der Waals surface area contributed by atoms with E-state index in [1.54, 1.807) is 19.0 Å². The number of amides is 1. The van der Waals surface area contributed by atoms with E-state index in [0.29, 0.717) is 17.9 Å². The largest absolute Gasteiger partial charge is 0.616 e. The van der Waals surface area contributed by atoms with Crippen LogP contribution in [0.15, 0.2) is 0 Å². The van der Waals surface area contributed by atoms with Gasteiger partial charge in [0, 0.05) is 6.42 Å². The molecule has 0 saturated carbocycles. The van der Waals surface area contributed by atoms with E-state index in [0.717, 1.165) is 0 Å². The van der Waals surface area contributed by atoms with E-state index in [4.69, 9.17) is 5.73 Å². The number of hydrogen-bond acceptors (Lipinski definition) is 3. The third-order valence-electron chi connectivity index (χ3n) is 2.46. The maximum Gasteiger partial charge on any atom is 0.243 e. The molecule has 0 aromatic carbocycles. The molecular formula is C7H14N2O2S. The van der Waals surface area contributed by atoms with Crippen molar-refractivity contribution in [2.75, 3.05) is 25.6 Å². The van der Waals surface area contributed by atoms with Gasteiger partial charge in [0.1, 0.15) is 17.0 Å². The number of carbonyl (C=O) groups excluding carboxylic acids is 1. The summed E-state index contributed by atoms with van der Waals surface area (Å²) in [6.45, 7) is 0. The molecule has 1 heterocycles. The Morgan fingerprint density at radius 3 is 2.42 bits per heavy atom. The molecule has 0 aliphatic carbocycles. The number of carbonyl (C=O) groups is 1. The van der Waals surface area contributed by atoms with Gasteiger partial charge in [-0.3, -0.25) is 9.69 Å². The van der Waals surface area contributed by atoms with E-state index in [2.05, 4.69) is 0 Å². The number of rotatable bonds is 2. The Labute approximate surface area is 75.3 Å². The molecule has 1 rings (SSSR count). The van der Waals surface area contributed by atoms with Crippen molar-refractivity contribution in [2.45, 2.75) is 12.0 Å². The van der Waals surface area contributed by atoms with Crippen molar-refractivity contribution in [3.05, 3.63) is 0 Å². The fourth-order valence-electron chi connectivity index (χ4n) is 1.46. The zero-order valence-electron chi connectivity index (χ0n) is 7.37. The molecule has 70 valence electrons. The first-order chi connectivity index (χ1) is 5.49. The van der Waals surface area contributed by atoms with Crippen LogP contribution in [0.1, 0.15) is 6.42 Å². The molecule has 0 aromatic heterocycles. The molecular weight excluding hydrogens is 176 g/mol. The van der Waals surface area contributed by atoms with Crippen LogP contribution < -0.4 is 5.73 Å². The monoisotopic (exact) mass is 190 g/mol. The summed E-state index contributed by atoms with van der Waals surface area (Å²) in [6, 6.07) is 0. The van der Waals surface area contributed by atoms with Crippen LogP contribution in [0, 0.1) is 0 Å². The molecule has 12 heavy (non-hydrogen) atoms. The lowest BCUT2D eigenvalue weighted by atomic mass is 9.97. The predicted octanol–water partition coefficient (Wildman–Crippen LogP) is -1.08. The molecule has 1 fully saturated rings. The standard InChI is InChI=1S/C7H14N2O2S/c1-9(2)7(6(8)10)3-4-12(11)5-7/h3-5H2,1-2H3,(H2,8,10). The SMILES string of the molecule is CN(C)C1(C(N)=O)CC[S+]([O-])C1. The van der Waals surface area contributed by atoms with Gasteiger partial charge in [0.15, 0.2) is 0 Å². The number of primary amides is 1. The Kier molecular flexibility index (Phi) is 2.65. The first-order valence-electron chi connectivity index (χ1n) is 3.81. The topological polar surface area (TPSA) is 69.4 Å². The van der Waals surface area contributed by atoms with Crippen molar-refractivity contribution < 1.29 is 9.35 Å². The number of nitrogens with two attached hydrogens (primary N) is 1. The summed E-state index contributed by atoms with van der Waals surface area (Å²) >= 11 is -0.876. The summed E-state index contributed by atoms with van der Waals surface area (Å²) in [7, 11) is 3.60. The molecule has 0 spiro atoms. The van der Waals surface area contributed by atoms with Crippen LogP contribution in [0.5, 0.6) is 0 Å². The molecule has 0 aromatic rings. The van der Waals surface area contributed by atoms with E-state index in [1.807, 2.05) is 0 Å². The highest BCUT2D eigenvalue weighted by molar-refractivity contribution is 7.91. The van der Waals surface area contributed by atoms with Crippen molar-refractivity contribution in [3.8, 4) is 0 Å². The van der Waals surface area contributed by atoms with E-state index in [9.17, 15) is 9.35 Å². The zero-order chi connectivity index (χ0) is 9.35. The van der Waals surface area contributed by atoms with Crippen LogP contribution in [-0.2, 0) is 16.0 Å². The minimum Gasteiger partial charge on any atom is -0.616 e. The average Bonchev–Trinajstić information content (AvgIpc) is 2.32. The number of likely N-dealkylation sites (N-methyl/N-ethyl adjacent to an activating group) is 1. The second kappa shape index (κ2) is 3.24. The zero-order valence-corrected chi connectivity index (χ0v) is 8.19. The highest BCUT2D eigenvalue weighted by Gasteiger charge is 2.48. The summed E-state index contributed by atoms with van der Waals surface area (Å²) in [4.78, 5) is 12.9. The maximum atomic E-state index is 11.2. The Morgan fingerprint density at radius 2 is 2.25 bits per heavy atom. The van der Waals surface area contributed by atoms with Gasteiger partial charge in [0.2, 0.25) is 5.91 Å². The second-order valence-electron chi connectivity index (χ2n) is 3.33. The minimum atomic E-state index is -0.876. The fraction of sp³-hybridized carbons (Fsp3) is 0.857. The lowest BCUT2D eigenvalue weighted by Crippen LogP contribution is -2.55. The Morgan fingerprint density at radius 1 is 1.67 bits per heavy atom. The summed E-state index contributed by atoms with van der Waals surface area (Å²) < 4.78 is 11.1. The van der Waals surface area contributed by atoms with Gasteiger partial charge >= 0.3 is 0 Å². The third-order valence-corrected chi connectivity index (χ3v) is 3.92. The quantitative estimate of drug-likeness (QED) is 0.563. The molecule has 1 aliphatic heterocycles. The summed E-state index contributed by atoms with van der Waals surface area (Å²) in [6.07, 6.45) is 0.613.